The lowest BCUT2D eigenvalue weighted by Gasteiger charge is -2.33. The molecule has 1 fully saturated rings. The molecule has 0 unspecified atom stereocenters. The molecule has 0 bridgehead atoms. The molecule has 3 aromatic carbocycles. The third-order valence-electron chi connectivity index (χ3n) is 7.77. The summed E-state index contributed by atoms with van der Waals surface area (Å²) < 4.78 is 34.5. The van der Waals surface area contributed by atoms with E-state index < -0.39 is 28.5 Å². The molecule has 224 valence electrons. The first-order valence-electron chi connectivity index (χ1n) is 14.7. The van der Waals surface area contributed by atoms with Crippen molar-refractivity contribution in [1.29, 1.82) is 0 Å². The van der Waals surface area contributed by atoms with Gasteiger partial charge >= 0.3 is 0 Å². The zero-order valence-electron chi connectivity index (χ0n) is 24.7. The normalized spacial score (nSPS) is 14.5. The highest BCUT2D eigenvalue weighted by Gasteiger charge is 2.33. The number of hydrogen-bond acceptors (Lipinski definition) is 5. The molecule has 3 aromatic rings. The van der Waals surface area contributed by atoms with Crippen molar-refractivity contribution in [2.24, 2.45) is 0 Å². The molecular weight excluding hydrogens is 550 g/mol. The summed E-state index contributed by atoms with van der Waals surface area (Å²) in [5, 5.41) is 3.13. The summed E-state index contributed by atoms with van der Waals surface area (Å²) in [6.07, 6.45) is 5.15. The van der Waals surface area contributed by atoms with Crippen LogP contribution in [0.15, 0.2) is 83.8 Å². The fourth-order valence-corrected chi connectivity index (χ4v) is 6.66. The molecule has 0 aliphatic heterocycles. The Morgan fingerprint density at radius 2 is 1.57 bits per heavy atom. The molecule has 1 N–H and O–H groups in total. The fourth-order valence-electron chi connectivity index (χ4n) is 5.25. The quantitative estimate of drug-likeness (QED) is 0.302. The number of aryl methyl sites for hydroxylation is 1. The molecule has 8 nitrogen and oxygen atoms in total. The van der Waals surface area contributed by atoms with Gasteiger partial charge in [0.2, 0.25) is 11.8 Å². The highest BCUT2D eigenvalue weighted by Crippen LogP contribution is 2.26. The Bertz CT molecular complexity index is 1440. The van der Waals surface area contributed by atoms with E-state index in [2.05, 4.69) is 5.32 Å². The van der Waals surface area contributed by atoms with Crippen LogP contribution < -0.4 is 14.4 Å². The van der Waals surface area contributed by atoms with Gasteiger partial charge in [0.1, 0.15) is 18.3 Å². The number of nitrogens with one attached hydrogen (secondary N) is 1. The van der Waals surface area contributed by atoms with Crippen LogP contribution >= 0.6 is 0 Å². The van der Waals surface area contributed by atoms with Gasteiger partial charge in [0, 0.05) is 12.6 Å². The zero-order valence-corrected chi connectivity index (χ0v) is 25.5. The van der Waals surface area contributed by atoms with Crippen LogP contribution in [-0.4, -0.2) is 50.4 Å². The monoisotopic (exact) mass is 591 g/mol. The van der Waals surface area contributed by atoms with E-state index in [9.17, 15) is 18.0 Å². The Balaban J connectivity index is 1.65. The summed E-state index contributed by atoms with van der Waals surface area (Å²) in [5.74, 6) is -0.145. The van der Waals surface area contributed by atoms with Crippen molar-refractivity contribution in [2.75, 3.05) is 17.5 Å². The molecule has 0 aromatic heterocycles. The molecule has 9 heteroatoms. The van der Waals surface area contributed by atoms with Gasteiger partial charge in [-0.05, 0) is 81.1 Å². The Morgan fingerprint density at radius 3 is 2.21 bits per heavy atom. The number of anilines is 1. The number of carbonyl (C=O) groups is 2. The molecule has 1 aliphatic carbocycles. The molecule has 2 amide bonds. The number of ether oxygens (including phenoxy) is 1. The fraction of sp³-hybridized carbons (Fsp3) is 0.394. The predicted molar refractivity (Wildman–Crippen MR) is 165 cm³/mol. The summed E-state index contributed by atoms with van der Waals surface area (Å²) in [4.78, 5) is 29.1. The lowest BCUT2D eigenvalue weighted by Crippen LogP contribution is -2.53. The Hall–Kier alpha value is -3.85. The second kappa shape index (κ2) is 14.4. The van der Waals surface area contributed by atoms with Gasteiger partial charge in [-0.25, -0.2) is 8.42 Å². The Labute approximate surface area is 249 Å². The molecule has 42 heavy (non-hydrogen) atoms. The molecule has 1 aliphatic rings. The second-order valence-corrected chi connectivity index (χ2v) is 12.6. The molecule has 0 saturated heterocycles. The van der Waals surface area contributed by atoms with Crippen molar-refractivity contribution in [2.45, 2.75) is 76.4 Å². The van der Waals surface area contributed by atoms with Crippen LogP contribution in [0, 0.1) is 6.92 Å². The summed E-state index contributed by atoms with van der Waals surface area (Å²) in [6.45, 7) is 5.69. The van der Waals surface area contributed by atoms with Crippen molar-refractivity contribution in [3.63, 3.8) is 0 Å². The number of rotatable bonds is 12. The van der Waals surface area contributed by atoms with Crippen LogP contribution in [0.2, 0.25) is 0 Å². The molecule has 1 saturated carbocycles. The first kappa shape index (κ1) is 31.1. The number of carbonyl (C=O) groups excluding carboxylic acids is 2. The van der Waals surface area contributed by atoms with Crippen LogP contribution in [0.25, 0.3) is 0 Å². The van der Waals surface area contributed by atoms with Crippen molar-refractivity contribution in [1.82, 2.24) is 10.2 Å². The number of para-hydroxylation sites is 1. The van der Waals surface area contributed by atoms with Crippen LogP contribution in [0.4, 0.5) is 5.69 Å². The van der Waals surface area contributed by atoms with Crippen LogP contribution in [0.1, 0.15) is 57.1 Å². The Kier molecular flexibility index (Phi) is 10.6. The van der Waals surface area contributed by atoms with Crippen LogP contribution in [0.5, 0.6) is 5.75 Å². The number of benzene rings is 3. The minimum absolute atomic E-state index is 0.0381. The molecule has 0 radical (unpaired) electrons. The van der Waals surface area contributed by atoms with E-state index >= 15 is 0 Å². The maximum atomic E-state index is 14.1. The van der Waals surface area contributed by atoms with E-state index in [1.807, 2.05) is 38.1 Å². The van der Waals surface area contributed by atoms with Crippen molar-refractivity contribution >= 4 is 27.5 Å². The second-order valence-electron chi connectivity index (χ2n) is 10.7. The van der Waals surface area contributed by atoms with E-state index in [-0.39, 0.29) is 23.4 Å². The highest BCUT2D eigenvalue weighted by atomic mass is 32.2. The van der Waals surface area contributed by atoms with E-state index in [1.54, 1.807) is 49.4 Å². The maximum Gasteiger partial charge on any atom is 0.264 e. The van der Waals surface area contributed by atoms with Gasteiger partial charge < -0.3 is 15.0 Å². The summed E-state index contributed by atoms with van der Waals surface area (Å²) >= 11 is 0. The minimum atomic E-state index is -4.13. The predicted octanol–water partition coefficient (Wildman–Crippen LogP) is 5.46. The summed E-state index contributed by atoms with van der Waals surface area (Å²) in [7, 11) is -4.13. The third-order valence-corrected chi connectivity index (χ3v) is 9.55. The van der Waals surface area contributed by atoms with Gasteiger partial charge in [0.15, 0.2) is 0 Å². The maximum absolute atomic E-state index is 14.1. The van der Waals surface area contributed by atoms with Crippen molar-refractivity contribution < 1.29 is 22.7 Å². The van der Waals surface area contributed by atoms with Gasteiger partial charge in [-0.2, -0.15) is 0 Å². The molecule has 4 rings (SSSR count). The molecular formula is C33H41N3O5S. The van der Waals surface area contributed by atoms with Crippen molar-refractivity contribution in [3.05, 3.63) is 90.0 Å². The van der Waals surface area contributed by atoms with Gasteiger partial charge in [0.25, 0.3) is 10.0 Å². The van der Waals surface area contributed by atoms with Crippen LogP contribution in [0.3, 0.4) is 0 Å². The van der Waals surface area contributed by atoms with Gasteiger partial charge in [-0.3, -0.25) is 13.9 Å². The smallest absolute Gasteiger partial charge is 0.264 e. The topological polar surface area (TPSA) is 96.0 Å². The number of sulfonamides is 1. The standard InChI is InChI=1S/C33H41N3O5S/c1-4-41-30-19-21-31(22-20-30)42(39,40)36(29-17-9-6-10-18-29)24-32(37)35(23-27-14-12-11-13-25(27)2)26(3)33(38)34-28-15-7-5-8-16-28/h6,9-14,17-22,26,28H,4-5,7-8,15-16,23-24H2,1-3H3,(H,34,38)/t26-/m1/s1. The SMILES string of the molecule is CCOc1ccc(S(=O)(=O)N(CC(=O)N(Cc2ccccc2C)[C@H](C)C(=O)NC2CCCCC2)c2ccccc2)cc1. The van der Waals surface area contributed by atoms with Crippen molar-refractivity contribution in [3.8, 4) is 5.75 Å². The van der Waals surface area contributed by atoms with Gasteiger partial charge in [-0.1, -0.05) is 61.7 Å². The van der Waals surface area contributed by atoms with Gasteiger partial charge in [0.05, 0.1) is 17.2 Å². The lowest BCUT2D eigenvalue weighted by atomic mass is 9.95. The first-order chi connectivity index (χ1) is 20.2. The van der Waals surface area contributed by atoms with Crippen LogP contribution in [-0.2, 0) is 26.2 Å². The van der Waals surface area contributed by atoms with Gasteiger partial charge in [-0.15, -0.1) is 0 Å². The summed E-state index contributed by atoms with van der Waals surface area (Å²) in [6, 6.07) is 21.7. The van der Waals surface area contributed by atoms with E-state index in [4.69, 9.17) is 4.74 Å². The third kappa shape index (κ3) is 7.70. The zero-order chi connectivity index (χ0) is 30.1. The lowest BCUT2D eigenvalue weighted by molar-refractivity contribution is -0.139. The molecule has 0 heterocycles. The largest absolute Gasteiger partial charge is 0.494 e. The summed E-state index contributed by atoms with van der Waals surface area (Å²) in [5.41, 5.74) is 2.23. The van der Waals surface area contributed by atoms with E-state index in [1.165, 1.54) is 17.0 Å². The minimum Gasteiger partial charge on any atom is -0.494 e. The number of nitrogens with zero attached hydrogens (tertiary/aromatic N) is 2. The first-order valence-corrected chi connectivity index (χ1v) is 16.1. The van der Waals surface area contributed by atoms with E-state index in [0.717, 1.165) is 47.5 Å². The highest BCUT2D eigenvalue weighted by molar-refractivity contribution is 7.92. The molecule has 1 atom stereocenters. The Morgan fingerprint density at radius 1 is 0.929 bits per heavy atom. The number of hydrogen-bond donors (Lipinski definition) is 1. The number of amides is 2. The molecule has 0 spiro atoms. The average molecular weight is 592 g/mol. The van der Waals surface area contributed by atoms with E-state index in [0.29, 0.717) is 18.0 Å². The average Bonchev–Trinajstić information content (AvgIpc) is 3.00.